The molecule has 0 N–H and O–H groups in total. The van der Waals surface area contributed by atoms with Gasteiger partial charge in [-0.05, 0) is 24.8 Å². The Morgan fingerprint density at radius 1 is 1.25 bits per heavy atom. The molecule has 2 aliphatic rings. The van der Waals surface area contributed by atoms with Crippen LogP contribution >= 0.6 is 0 Å². The van der Waals surface area contributed by atoms with Crippen LogP contribution in [0.3, 0.4) is 0 Å². The number of carbonyl (C=O) groups excluding carboxylic acids is 1. The van der Waals surface area contributed by atoms with Crippen LogP contribution in [0.15, 0.2) is 18.5 Å². The van der Waals surface area contributed by atoms with Gasteiger partial charge in [-0.3, -0.25) is 4.79 Å². The highest BCUT2D eigenvalue weighted by Gasteiger charge is 2.41. The monoisotopic (exact) mass is 274 g/mol. The zero-order chi connectivity index (χ0) is 14.1. The smallest absolute Gasteiger partial charge is 0.225 e. The maximum absolute atomic E-state index is 12.2. The fourth-order valence-corrected chi connectivity index (χ4v) is 3.43. The lowest BCUT2D eigenvalue weighted by Gasteiger charge is -2.38. The zero-order valence-electron chi connectivity index (χ0n) is 12.2. The van der Waals surface area contributed by atoms with Gasteiger partial charge in [-0.15, -0.1) is 0 Å². The highest BCUT2D eigenvalue weighted by molar-refractivity contribution is 5.78. The molecule has 2 fully saturated rings. The second-order valence-corrected chi connectivity index (χ2v) is 6.09. The van der Waals surface area contributed by atoms with E-state index in [0.29, 0.717) is 17.9 Å². The maximum Gasteiger partial charge on any atom is 0.225 e. The Bertz CT molecular complexity index is 476. The first kappa shape index (κ1) is 13.3. The number of carbonyl (C=O) groups is 1. The molecule has 1 aromatic heterocycles. The van der Waals surface area contributed by atoms with Gasteiger partial charge in [0, 0.05) is 44.0 Å². The number of anilines is 1. The standard InChI is InChI=1S/C15H22N4O/c1-11(2)14(20)19-9-4-12-10-18(8-5-13(12)19)15-16-6-3-7-17-15/h3,6-7,11-13H,4-5,8-10H2,1-2H3/t12-,13-/m0/s1. The lowest BCUT2D eigenvalue weighted by molar-refractivity contribution is -0.135. The van der Waals surface area contributed by atoms with Crippen LogP contribution in [-0.4, -0.2) is 46.5 Å². The van der Waals surface area contributed by atoms with Crippen molar-refractivity contribution in [1.29, 1.82) is 0 Å². The Balaban J connectivity index is 1.68. The Labute approximate surface area is 120 Å². The minimum atomic E-state index is 0.101. The molecule has 0 radical (unpaired) electrons. The third-order valence-corrected chi connectivity index (χ3v) is 4.45. The van der Waals surface area contributed by atoms with Gasteiger partial charge in [0.2, 0.25) is 11.9 Å². The van der Waals surface area contributed by atoms with Crippen LogP contribution < -0.4 is 4.90 Å². The molecule has 0 bridgehead atoms. The highest BCUT2D eigenvalue weighted by Crippen LogP contribution is 2.33. The van der Waals surface area contributed by atoms with Gasteiger partial charge in [0.15, 0.2) is 0 Å². The van der Waals surface area contributed by atoms with Crippen LogP contribution in [0.5, 0.6) is 0 Å². The molecule has 1 aromatic rings. The Kier molecular flexibility index (Phi) is 3.59. The second-order valence-electron chi connectivity index (χ2n) is 6.09. The predicted molar refractivity (Wildman–Crippen MR) is 77.3 cm³/mol. The summed E-state index contributed by atoms with van der Waals surface area (Å²) in [6, 6.07) is 2.26. The van der Waals surface area contributed by atoms with E-state index in [0.717, 1.165) is 38.4 Å². The van der Waals surface area contributed by atoms with E-state index in [-0.39, 0.29) is 5.92 Å². The highest BCUT2D eigenvalue weighted by atomic mass is 16.2. The predicted octanol–water partition coefficient (Wildman–Crippen LogP) is 1.56. The van der Waals surface area contributed by atoms with Crippen molar-refractivity contribution in [3.63, 3.8) is 0 Å². The van der Waals surface area contributed by atoms with Gasteiger partial charge in [-0.1, -0.05) is 13.8 Å². The largest absolute Gasteiger partial charge is 0.340 e. The minimum Gasteiger partial charge on any atom is -0.340 e. The summed E-state index contributed by atoms with van der Waals surface area (Å²) >= 11 is 0. The minimum absolute atomic E-state index is 0.101. The summed E-state index contributed by atoms with van der Waals surface area (Å²) in [7, 11) is 0. The van der Waals surface area contributed by atoms with E-state index in [2.05, 4.69) is 19.8 Å². The lowest BCUT2D eigenvalue weighted by atomic mass is 9.92. The molecule has 0 spiro atoms. The van der Waals surface area contributed by atoms with Crippen LogP contribution in [0.4, 0.5) is 5.95 Å². The number of rotatable bonds is 2. The van der Waals surface area contributed by atoms with E-state index in [1.165, 1.54) is 0 Å². The van der Waals surface area contributed by atoms with Crippen molar-refractivity contribution in [2.45, 2.75) is 32.7 Å². The Morgan fingerprint density at radius 2 is 2.00 bits per heavy atom. The summed E-state index contributed by atoms with van der Waals surface area (Å²) < 4.78 is 0. The van der Waals surface area contributed by atoms with Gasteiger partial charge >= 0.3 is 0 Å². The zero-order valence-corrected chi connectivity index (χ0v) is 12.2. The van der Waals surface area contributed by atoms with E-state index in [1.807, 2.05) is 19.9 Å². The number of hydrogen-bond donors (Lipinski definition) is 0. The van der Waals surface area contributed by atoms with Crippen LogP contribution in [0.25, 0.3) is 0 Å². The number of nitrogens with zero attached hydrogens (tertiary/aromatic N) is 4. The van der Waals surface area contributed by atoms with Crippen LogP contribution in [0.2, 0.25) is 0 Å². The number of fused-ring (bicyclic) bond motifs is 1. The number of aromatic nitrogens is 2. The molecule has 0 aliphatic carbocycles. The first-order valence-corrected chi connectivity index (χ1v) is 7.49. The Morgan fingerprint density at radius 3 is 2.70 bits per heavy atom. The number of hydrogen-bond acceptors (Lipinski definition) is 4. The van der Waals surface area contributed by atoms with Crippen molar-refractivity contribution in [1.82, 2.24) is 14.9 Å². The molecular formula is C15H22N4O. The molecule has 0 saturated carbocycles. The maximum atomic E-state index is 12.2. The van der Waals surface area contributed by atoms with E-state index < -0.39 is 0 Å². The molecule has 0 aromatic carbocycles. The summed E-state index contributed by atoms with van der Waals surface area (Å²) in [5.74, 6) is 1.79. The molecule has 0 unspecified atom stereocenters. The van der Waals surface area contributed by atoms with Crippen LogP contribution in [-0.2, 0) is 4.79 Å². The summed E-state index contributed by atoms with van der Waals surface area (Å²) in [4.78, 5) is 25.3. The molecular weight excluding hydrogens is 252 g/mol. The first-order valence-electron chi connectivity index (χ1n) is 7.49. The van der Waals surface area contributed by atoms with Crippen molar-refractivity contribution in [3.05, 3.63) is 18.5 Å². The van der Waals surface area contributed by atoms with Crippen molar-refractivity contribution >= 4 is 11.9 Å². The van der Waals surface area contributed by atoms with Crippen LogP contribution in [0, 0.1) is 11.8 Å². The van der Waals surface area contributed by atoms with Gasteiger partial charge in [-0.2, -0.15) is 0 Å². The molecule has 20 heavy (non-hydrogen) atoms. The van der Waals surface area contributed by atoms with Crippen molar-refractivity contribution in [2.75, 3.05) is 24.5 Å². The average molecular weight is 274 g/mol. The van der Waals surface area contributed by atoms with Crippen molar-refractivity contribution < 1.29 is 4.79 Å². The molecule has 1 amide bonds. The van der Waals surface area contributed by atoms with Gasteiger partial charge in [0.05, 0.1) is 0 Å². The summed E-state index contributed by atoms with van der Waals surface area (Å²) in [6.07, 6.45) is 5.71. The number of likely N-dealkylation sites (tertiary alicyclic amines) is 1. The molecule has 108 valence electrons. The van der Waals surface area contributed by atoms with Gasteiger partial charge in [-0.25, -0.2) is 9.97 Å². The number of amides is 1. The Hall–Kier alpha value is -1.65. The molecule has 2 saturated heterocycles. The average Bonchev–Trinajstić information content (AvgIpc) is 2.90. The van der Waals surface area contributed by atoms with E-state index >= 15 is 0 Å². The van der Waals surface area contributed by atoms with E-state index in [1.54, 1.807) is 12.4 Å². The van der Waals surface area contributed by atoms with E-state index in [4.69, 9.17) is 0 Å². The van der Waals surface area contributed by atoms with Gasteiger partial charge in [0.25, 0.3) is 0 Å². The molecule has 5 heteroatoms. The van der Waals surface area contributed by atoms with Crippen LogP contribution in [0.1, 0.15) is 26.7 Å². The fourth-order valence-electron chi connectivity index (χ4n) is 3.43. The molecule has 2 atom stereocenters. The number of piperidine rings is 1. The topological polar surface area (TPSA) is 49.3 Å². The lowest BCUT2D eigenvalue weighted by Crippen LogP contribution is -2.48. The van der Waals surface area contributed by atoms with Crippen molar-refractivity contribution in [3.8, 4) is 0 Å². The molecule has 5 nitrogen and oxygen atoms in total. The summed E-state index contributed by atoms with van der Waals surface area (Å²) in [5.41, 5.74) is 0. The van der Waals surface area contributed by atoms with E-state index in [9.17, 15) is 4.79 Å². The van der Waals surface area contributed by atoms with Gasteiger partial charge in [0.1, 0.15) is 0 Å². The molecule has 3 rings (SSSR count). The van der Waals surface area contributed by atoms with Gasteiger partial charge < -0.3 is 9.80 Å². The summed E-state index contributed by atoms with van der Waals surface area (Å²) in [5, 5.41) is 0. The molecule has 3 heterocycles. The SMILES string of the molecule is CC(C)C(=O)N1CC[C@H]2CN(c3ncccn3)CC[C@@H]21. The normalized spacial score (nSPS) is 25.9. The quantitative estimate of drug-likeness (QED) is 0.821. The van der Waals surface area contributed by atoms with Crippen molar-refractivity contribution in [2.24, 2.45) is 11.8 Å². The third-order valence-electron chi connectivity index (χ3n) is 4.45. The summed E-state index contributed by atoms with van der Waals surface area (Å²) in [6.45, 7) is 6.80. The fraction of sp³-hybridized carbons (Fsp3) is 0.667. The molecule has 2 aliphatic heterocycles. The second kappa shape index (κ2) is 5.38. The first-order chi connectivity index (χ1) is 9.66. The third kappa shape index (κ3) is 2.37.